The van der Waals surface area contributed by atoms with Crippen LogP contribution in [-0.4, -0.2) is 50.1 Å². The van der Waals surface area contributed by atoms with Crippen molar-refractivity contribution in [3.8, 4) is 0 Å². The third-order valence-corrected chi connectivity index (χ3v) is 1.79. The van der Waals surface area contributed by atoms with E-state index < -0.39 is 0 Å². The van der Waals surface area contributed by atoms with Crippen molar-refractivity contribution in [3.05, 3.63) is 0 Å². The molecule has 0 radical (unpaired) electrons. The van der Waals surface area contributed by atoms with Crippen molar-refractivity contribution in [2.75, 3.05) is 33.3 Å². The van der Waals surface area contributed by atoms with E-state index in [-0.39, 0.29) is 11.9 Å². The van der Waals surface area contributed by atoms with Gasteiger partial charge < -0.3 is 10.1 Å². The minimum atomic E-state index is -0.222. The van der Waals surface area contributed by atoms with Crippen molar-refractivity contribution < 1.29 is 14.3 Å². The fourth-order valence-electron chi connectivity index (χ4n) is 1.09. The Labute approximate surface area is 90.8 Å². The third kappa shape index (κ3) is 7.93. The Balaban J connectivity index is 3.60. The summed E-state index contributed by atoms with van der Waals surface area (Å²) in [7, 11) is 1.80. The lowest BCUT2D eigenvalue weighted by atomic mass is 10.4. The van der Waals surface area contributed by atoms with Crippen LogP contribution in [0.3, 0.4) is 0 Å². The summed E-state index contributed by atoms with van der Waals surface area (Å²) in [5, 5.41) is 2.69. The average molecular weight is 216 g/mol. The van der Waals surface area contributed by atoms with Gasteiger partial charge in [-0.1, -0.05) is 0 Å². The Morgan fingerprint density at radius 2 is 2.00 bits per heavy atom. The lowest BCUT2D eigenvalue weighted by Gasteiger charge is -2.15. The molecule has 0 heterocycles. The second kappa shape index (κ2) is 8.23. The van der Waals surface area contributed by atoms with Crippen LogP contribution >= 0.6 is 0 Å². The van der Waals surface area contributed by atoms with Crippen LogP contribution in [0, 0.1) is 0 Å². The molecule has 5 nitrogen and oxygen atoms in total. The van der Waals surface area contributed by atoms with Crippen LogP contribution in [-0.2, 0) is 14.3 Å². The predicted octanol–water partition coefficient (Wildman–Crippen LogP) is 0.00750. The number of likely N-dealkylation sites (N-methyl/N-ethyl adjacent to an activating group) is 2. The molecule has 0 aliphatic rings. The Morgan fingerprint density at radius 3 is 2.53 bits per heavy atom. The van der Waals surface area contributed by atoms with Crippen molar-refractivity contribution in [1.82, 2.24) is 10.2 Å². The molecule has 0 aromatic rings. The highest BCUT2D eigenvalue weighted by molar-refractivity contribution is 5.78. The molecule has 0 rings (SSSR count). The van der Waals surface area contributed by atoms with Gasteiger partial charge in [-0.15, -0.1) is 0 Å². The number of amides is 1. The minimum absolute atomic E-state index is 0.0242. The van der Waals surface area contributed by atoms with E-state index in [1.54, 1.807) is 18.9 Å². The SMILES string of the molecule is CCNC(=O)CN(C)CCC(=O)OCC. The fourth-order valence-corrected chi connectivity index (χ4v) is 1.09. The lowest BCUT2D eigenvalue weighted by Crippen LogP contribution is -2.36. The number of esters is 1. The van der Waals surface area contributed by atoms with Crippen LogP contribution in [0.2, 0.25) is 0 Å². The van der Waals surface area contributed by atoms with Crippen LogP contribution in [0.5, 0.6) is 0 Å². The van der Waals surface area contributed by atoms with Crippen LogP contribution < -0.4 is 5.32 Å². The van der Waals surface area contributed by atoms with Gasteiger partial charge in [0, 0.05) is 13.1 Å². The molecule has 0 aromatic heterocycles. The van der Waals surface area contributed by atoms with E-state index in [9.17, 15) is 9.59 Å². The summed E-state index contributed by atoms with van der Waals surface area (Å²) in [5.41, 5.74) is 0. The first kappa shape index (κ1) is 13.9. The Hall–Kier alpha value is -1.10. The van der Waals surface area contributed by atoms with E-state index in [2.05, 4.69) is 5.32 Å². The van der Waals surface area contributed by atoms with E-state index >= 15 is 0 Å². The van der Waals surface area contributed by atoms with Gasteiger partial charge in [-0.2, -0.15) is 0 Å². The molecule has 1 N–H and O–H groups in total. The van der Waals surface area contributed by atoms with Gasteiger partial charge in [0.05, 0.1) is 19.6 Å². The van der Waals surface area contributed by atoms with Gasteiger partial charge in [-0.3, -0.25) is 14.5 Å². The molecule has 0 aromatic carbocycles. The van der Waals surface area contributed by atoms with Gasteiger partial charge in [0.25, 0.3) is 0 Å². The second-order valence-corrected chi connectivity index (χ2v) is 3.25. The molecule has 0 spiro atoms. The molecule has 0 unspecified atom stereocenters. The number of rotatable bonds is 7. The first-order valence-electron chi connectivity index (χ1n) is 5.21. The van der Waals surface area contributed by atoms with E-state index in [1.165, 1.54) is 0 Å². The average Bonchev–Trinajstić information content (AvgIpc) is 2.15. The monoisotopic (exact) mass is 216 g/mol. The number of carbonyl (C=O) groups excluding carboxylic acids is 2. The quantitative estimate of drug-likeness (QED) is 0.609. The van der Waals surface area contributed by atoms with Gasteiger partial charge in [0.2, 0.25) is 5.91 Å². The number of hydrogen-bond donors (Lipinski definition) is 1. The number of nitrogens with zero attached hydrogens (tertiary/aromatic N) is 1. The maximum Gasteiger partial charge on any atom is 0.307 e. The maximum atomic E-state index is 11.2. The molecule has 0 bridgehead atoms. The molecule has 15 heavy (non-hydrogen) atoms. The number of carbonyl (C=O) groups is 2. The van der Waals surface area contributed by atoms with Gasteiger partial charge in [0.1, 0.15) is 0 Å². The normalized spacial score (nSPS) is 10.1. The van der Waals surface area contributed by atoms with Gasteiger partial charge in [-0.25, -0.2) is 0 Å². The number of ether oxygens (including phenoxy) is 1. The summed E-state index contributed by atoms with van der Waals surface area (Å²) < 4.78 is 4.78. The van der Waals surface area contributed by atoms with Gasteiger partial charge in [0.15, 0.2) is 0 Å². The second-order valence-electron chi connectivity index (χ2n) is 3.25. The van der Waals surface area contributed by atoms with Crippen LogP contribution in [0.4, 0.5) is 0 Å². The summed E-state index contributed by atoms with van der Waals surface area (Å²) in [5.74, 6) is -0.246. The van der Waals surface area contributed by atoms with Crippen LogP contribution in [0.25, 0.3) is 0 Å². The molecule has 0 saturated carbocycles. The Bertz CT molecular complexity index is 207. The molecular weight excluding hydrogens is 196 g/mol. The zero-order valence-electron chi connectivity index (χ0n) is 9.71. The molecule has 0 aliphatic carbocycles. The van der Waals surface area contributed by atoms with E-state index in [0.29, 0.717) is 32.7 Å². The molecule has 0 fully saturated rings. The van der Waals surface area contributed by atoms with E-state index in [4.69, 9.17) is 4.74 Å². The first-order valence-corrected chi connectivity index (χ1v) is 5.21. The predicted molar refractivity (Wildman–Crippen MR) is 57.4 cm³/mol. The summed E-state index contributed by atoms with van der Waals surface area (Å²) in [4.78, 5) is 24.0. The highest BCUT2D eigenvalue weighted by atomic mass is 16.5. The van der Waals surface area contributed by atoms with Crippen molar-refractivity contribution in [1.29, 1.82) is 0 Å². The molecule has 5 heteroatoms. The topological polar surface area (TPSA) is 58.6 Å². The molecule has 1 amide bonds. The molecule has 0 atom stereocenters. The Morgan fingerprint density at radius 1 is 1.33 bits per heavy atom. The summed E-state index contributed by atoms with van der Waals surface area (Å²) in [6.07, 6.45) is 0.323. The number of nitrogens with one attached hydrogen (secondary N) is 1. The minimum Gasteiger partial charge on any atom is -0.466 e. The number of hydrogen-bond acceptors (Lipinski definition) is 4. The molecule has 0 aliphatic heterocycles. The standard InChI is InChI=1S/C10H20N2O3/c1-4-11-9(13)8-12(3)7-6-10(14)15-5-2/h4-8H2,1-3H3,(H,11,13). The summed E-state index contributed by atoms with van der Waals surface area (Å²) in [6.45, 7) is 5.53. The van der Waals surface area contributed by atoms with Gasteiger partial charge in [-0.05, 0) is 20.9 Å². The highest BCUT2D eigenvalue weighted by Crippen LogP contribution is 1.90. The molecular formula is C10H20N2O3. The lowest BCUT2D eigenvalue weighted by molar-refractivity contribution is -0.143. The summed E-state index contributed by atoms with van der Waals surface area (Å²) in [6, 6.07) is 0. The van der Waals surface area contributed by atoms with Crippen molar-refractivity contribution in [3.63, 3.8) is 0 Å². The smallest absolute Gasteiger partial charge is 0.307 e. The van der Waals surface area contributed by atoms with Crippen molar-refractivity contribution in [2.45, 2.75) is 20.3 Å². The maximum absolute atomic E-state index is 11.2. The fraction of sp³-hybridized carbons (Fsp3) is 0.800. The highest BCUT2D eigenvalue weighted by Gasteiger charge is 2.08. The largest absolute Gasteiger partial charge is 0.466 e. The van der Waals surface area contributed by atoms with Crippen LogP contribution in [0.15, 0.2) is 0 Å². The zero-order valence-corrected chi connectivity index (χ0v) is 9.71. The third-order valence-electron chi connectivity index (χ3n) is 1.79. The molecule has 0 saturated heterocycles. The van der Waals surface area contributed by atoms with Crippen molar-refractivity contribution >= 4 is 11.9 Å². The Kier molecular flexibility index (Phi) is 7.62. The van der Waals surface area contributed by atoms with E-state index in [0.717, 1.165) is 0 Å². The first-order chi connectivity index (χ1) is 7.10. The summed E-state index contributed by atoms with van der Waals surface area (Å²) >= 11 is 0. The van der Waals surface area contributed by atoms with Crippen LogP contribution in [0.1, 0.15) is 20.3 Å². The molecule has 88 valence electrons. The van der Waals surface area contributed by atoms with Crippen molar-refractivity contribution in [2.24, 2.45) is 0 Å². The zero-order chi connectivity index (χ0) is 11.7. The van der Waals surface area contributed by atoms with E-state index in [1.807, 2.05) is 6.92 Å². The van der Waals surface area contributed by atoms with Gasteiger partial charge >= 0.3 is 5.97 Å².